The van der Waals surface area contributed by atoms with Gasteiger partial charge in [0, 0.05) is 23.5 Å². The number of hydrogen-bond acceptors (Lipinski definition) is 3. The number of sulfonamides is 1. The van der Waals surface area contributed by atoms with Crippen molar-refractivity contribution >= 4 is 26.8 Å². The van der Waals surface area contributed by atoms with E-state index in [4.69, 9.17) is 0 Å². The molecular formula is C15H19N3O3S. The Labute approximate surface area is 129 Å². The predicted molar refractivity (Wildman–Crippen MR) is 85.2 cm³/mol. The Morgan fingerprint density at radius 1 is 1.41 bits per heavy atom. The molecule has 118 valence electrons. The minimum atomic E-state index is -3.33. The van der Waals surface area contributed by atoms with Gasteiger partial charge in [0.2, 0.25) is 10.0 Å². The quantitative estimate of drug-likeness (QED) is 0.891. The van der Waals surface area contributed by atoms with Crippen molar-refractivity contribution < 1.29 is 13.2 Å². The van der Waals surface area contributed by atoms with E-state index in [-0.39, 0.29) is 17.7 Å². The third-order valence-electron chi connectivity index (χ3n) is 4.12. The van der Waals surface area contributed by atoms with E-state index in [1.54, 1.807) is 4.90 Å². The van der Waals surface area contributed by atoms with Gasteiger partial charge >= 0.3 is 0 Å². The summed E-state index contributed by atoms with van der Waals surface area (Å²) in [6.07, 6.45) is 1.54. The molecule has 2 aromatic rings. The summed E-state index contributed by atoms with van der Waals surface area (Å²) in [5.41, 5.74) is 1.42. The summed E-state index contributed by atoms with van der Waals surface area (Å²) in [6.45, 7) is 0.595. The Bertz CT molecular complexity index is 764. The highest BCUT2D eigenvalue weighted by Crippen LogP contribution is 2.23. The number of carbonyl (C=O) groups excluding carboxylic acids is 1. The highest BCUT2D eigenvalue weighted by atomic mass is 32.2. The number of benzene rings is 1. The summed E-state index contributed by atoms with van der Waals surface area (Å²) in [5, 5.41) is 0.976. The number of rotatable bonds is 4. The molecule has 0 bridgehead atoms. The van der Waals surface area contributed by atoms with Crippen molar-refractivity contribution in [2.45, 2.75) is 18.9 Å². The van der Waals surface area contributed by atoms with E-state index in [0.717, 1.165) is 17.3 Å². The van der Waals surface area contributed by atoms with Crippen molar-refractivity contribution in [2.75, 3.05) is 19.3 Å². The first-order chi connectivity index (χ1) is 10.5. The van der Waals surface area contributed by atoms with Gasteiger partial charge in [-0.25, -0.2) is 13.1 Å². The van der Waals surface area contributed by atoms with Gasteiger partial charge in [-0.15, -0.1) is 0 Å². The van der Waals surface area contributed by atoms with Crippen LogP contribution in [0.4, 0.5) is 0 Å². The number of H-pyrrole nitrogens is 1. The van der Waals surface area contributed by atoms with Crippen LogP contribution in [0.25, 0.3) is 10.9 Å². The molecule has 3 rings (SSSR count). The maximum atomic E-state index is 12.7. The predicted octanol–water partition coefficient (Wildman–Crippen LogP) is 1.32. The van der Waals surface area contributed by atoms with Crippen LogP contribution in [0.5, 0.6) is 0 Å². The molecule has 1 aromatic carbocycles. The minimum absolute atomic E-state index is 0.0462. The molecule has 2 heterocycles. The summed E-state index contributed by atoms with van der Waals surface area (Å²) >= 11 is 0. The molecule has 1 unspecified atom stereocenters. The number of para-hydroxylation sites is 1. The zero-order chi connectivity index (χ0) is 15.7. The molecule has 1 aromatic heterocycles. The number of carbonyl (C=O) groups is 1. The fraction of sp³-hybridized carbons (Fsp3) is 0.400. The maximum absolute atomic E-state index is 12.7. The Morgan fingerprint density at radius 3 is 2.91 bits per heavy atom. The first-order valence-corrected chi connectivity index (χ1v) is 8.95. The van der Waals surface area contributed by atoms with Gasteiger partial charge in [-0.1, -0.05) is 18.2 Å². The van der Waals surface area contributed by atoms with Crippen molar-refractivity contribution in [2.24, 2.45) is 0 Å². The molecule has 0 spiro atoms. The molecule has 6 nitrogen and oxygen atoms in total. The average molecular weight is 321 g/mol. The van der Waals surface area contributed by atoms with Crippen molar-refractivity contribution in [3.05, 3.63) is 36.0 Å². The van der Waals surface area contributed by atoms with Crippen LogP contribution in [-0.2, 0) is 10.0 Å². The Balaban J connectivity index is 1.84. The lowest BCUT2D eigenvalue weighted by molar-refractivity contribution is 0.0744. The maximum Gasteiger partial charge on any atom is 0.270 e. The van der Waals surface area contributed by atoms with E-state index in [9.17, 15) is 13.2 Å². The standard InChI is InChI=1S/C15H19N3O3S/c1-16-22(20,21)10-12-6-4-8-18(12)15(19)14-9-11-5-2-3-7-13(11)17-14/h2-3,5,7,9,12,16-17H,4,6,8,10H2,1H3. The zero-order valence-corrected chi connectivity index (χ0v) is 13.2. The third-order valence-corrected chi connectivity index (χ3v) is 5.57. The van der Waals surface area contributed by atoms with Crippen LogP contribution in [0.3, 0.4) is 0 Å². The van der Waals surface area contributed by atoms with Crippen LogP contribution in [0.1, 0.15) is 23.3 Å². The van der Waals surface area contributed by atoms with E-state index < -0.39 is 10.0 Å². The Kier molecular flexibility index (Phi) is 3.92. The van der Waals surface area contributed by atoms with Crippen LogP contribution < -0.4 is 4.72 Å². The zero-order valence-electron chi connectivity index (χ0n) is 12.4. The van der Waals surface area contributed by atoms with Crippen LogP contribution in [0.2, 0.25) is 0 Å². The molecule has 0 aliphatic carbocycles. The van der Waals surface area contributed by atoms with Gasteiger partial charge < -0.3 is 9.88 Å². The van der Waals surface area contributed by atoms with Crippen molar-refractivity contribution in [1.29, 1.82) is 0 Å². The molecule has 22 heavy (non-hydrogen) atoms. The van der Waals surface area contributed by atoms with Gasteiger partial charge in [0.05, 0.1) is 5.75 Å². The second-order valence-electron chi connectivity index (χ2n) is 5.55. The molecule has 1 fully saturated rings. The van der Waals surface area contributed by atoms with Crippen molar-refractivity contribution in [1.82, 2.24) is 14.6 Å². The number of nitrogens with one attached hydrogen (secondary N) is 2. The molecule has 0 saturated carbocycles. The van der Waals surface area contributed by atoms with Crippen LogP contribution >= 0.6 is 0 Å². The number of amides is 1. The number of likely N-dealkylation sites (tertiary alicyclic amines) is 1. The number of fused-ring (bicyclic) bond motifs is 1. The highest BCUT2D eigenvalue weighted by molar-refractivity contribution is 7.89. The van der Waals surface area contributed by atoms with E-state index in [1.165, 1.54) is 7.05 Å². The van der Waals surface area contributed by atoms with Crippen molar-refractivity contribution in [3.8, 4) is 0 Å². The lowest BCUT2D eigenvalue weighted by atomic mass is 10.2. The first kappa shape index (κ1) is 15.1. The van der Waals surface area contributed by atoms with Gasteiger partial charge in [-0.05, 0) is 32.0 Å². The van der Waals surface area contributed by atoms with E-state index in [0.29, 0.717) is 18.7 Å². The molecule has 1 aliphatic rings. The minimum Gasteiger partial charge on any atom is -0.351 e. The lowest BCUT2D eigenvalue weighted by Gasteiger charge is -2.23. The smallest absolute Gasteiger partial charge is 0.270 e. The normalized spacial score (nSPS) is 19.0. The Hall–Kier alpha value is -1.86. The number of nitrogens with zero attached hydrogens (tertiary/aromatic N) is 1. The van der Waals surface area contributed by atoms with Gasteiger partial charge in [-0.3, -0.25) is 4.79 Å². The van der Waals surface area contributed by atoms with Gasteiger partial charge in [0.1, 0.15) is 5.69 Å². The third kappa shape index (κ3) is 2.86. The second kappa shape index (κ2) is 5.73. The number of aromatic nitrogens is 1. The molecular weight excluding hydrogens is 302 g/mol. The largest absolute Gasteiger partial charge is 0.351 e. The summed E-state index contributed by atoms with van der Waals surface area (Å²) in [6, 6.07) is 9.23. The molecule has 1 aliphatic heterocycles. The molecule has 7 heteroatoms. The number of hydrogen-bond donors (Lipinski definition) is 2. The van der Waals surface area contributed by atoms with Gasteiger partial charge in [-0.2, -0.15) is 0 Å². The summed E-state index contributed by atoms with van der Waals surface area (Å²) in [5.74, 6) is -0.180. The van der Waals surface area contributed by atoms with Crippen LogP contribution in [-0.4, -0.2) is 49.6 Å². The first-order valence-electron chi connectivity index (χ1n) is 7.30. The molecule has 1 saturated heterocycles. The Morgan fingerprint density at radius 2 is 2.18 bits per heavy atom. The fourth-order valence-electron chi connectivity index (χ4n) is 2.96. The molecule has 1 atom stereocenters. The SMILES string of the molecule is CNS(=O)(=O)CC1CCCN1C(=O)c1cc2ccccc2[nH]1. The molecule has 2 N–H and O–H groups in total. The number of aromatic amines is 1. The van der Waals surface area contributed by atoms with Crippen molar-refractivity contribution in [3.63, 3.8) is 0 Å². The average Bonchev–Trinajstić information content (AvgIpc) is 3.12. The van der Waals surface area contributed by atoms with Gasteiger partial charge in [0.25, 0.3) is 5.91 Å². The molecule has 0 radical (unpaired) electrons. The van der Waals surface area contributed by atoms with Gasteiger partial charge in [0.15, 0.2) is 0 Å². The summed E-state index contributed by atoms with van der Waals surface area (Å²) in [4.78, 5) is 17.5. The van der Waals surface area contributed by atoms with Crippen LogP contribution in [0.15, 0.2) is 30.3 Å². The molecule has 1 amide bonds. The summed E-state index contributed by atoms with van der Waals surface area (Å²) < 4.78 is 25.8. The van der Waals surface area contributed by atoms with E-state index in [2.05, 4.69) is 9.71 Å². The monoisotopic (exact) mass is 321 g/mol. The fourth-order valence-corrected chi connectivity index (χ4v) is 3.98. The lowest BCUT2D eigenvalue weighted by Crippen LogP contribution is -2.41. The van der Waals surface area contributed by atoms with E-state index >= 15 is 0 Å². The summed E-state index contributed by atoms with van der Waals surface area (Å²) in [7, 11) is -1.93. The topological polar surface area (TPSA) is 82.3 Å². The highest BCUT2D eigenvalue weighted by Gasteiger charge is 2.33. The van der Waals surface area contributed by atoms with E-state index in [1.807, 2.05) is 30.3 Å². The second-order valence-corrected chi connectivity index (χ2v) is 7.52. The van der Waals surface area contributed by atoms with Crippen LogP contribution in [0, 0.1) is 0 Å².